The van der Waals surface area contributed by atoms with Crippen molar-refractivity contribution in [3.05, 3.63) is 0 Å². The SMILES string of the molecule is CN1C(=O)C2CC3CC(C2)CC1C3. The highest BCUT2D eigenvalue weighted by Gasteiger charge is 2.45. The van der Waals surface area contributed by atoms with E-state index in [1.165, 1.54) is 32.1 Å². The topological polar surface area (TPSA) is 20.3 Å². The summed E-state index contributed by atoms with van der Waals surface area (Å²) in [5.74, 6) is 2.57. The Morgan fingerprint density at radius 2 is 1.69 bits per heavy atom. The molecule has 2 atom stereocenters. The molecule has 72 valence electrons. The van der Waals surface area contributed by atoms with Crippen molar-refractivity contribution in [3.63, 3.8) is 0 Å². The molecule has 4 fully saturated rings. The van der Waals surface area contributed by atoms with Gasteiger partial charge in [-0.25, -0.2) is 0 Å². The summed E-state index contributed by atoms with van der Waals surface area (Å²) in [7, 11) is 2.01. The molecule has 0 aromatic carbocycles. The molecule has 13 heavy (non-hydrogen) atoms. The minimum Gasteiger partial charge on any atom is -0.343 e. The smallest absolute Gasteiger partial charge is 0.225 e. The molecule has 2 saturated carbocycles. The van der Waals surface area contributed by atoms with E-state index in [-0.39, 0.29) is 0 Å². The summed E-state index contributed by atoms with van der Waals surface area (Å²) in [6, 6.07) is 0.587. The maximum Gasteiger partial charge on any atom is 0.225 e. The third-order valence-corrected chi connectivity index (χ3v) is 4.36. The van der Waals surface area contributed by atoms with Crippen molar-refractivity contribution in [2.24, 2.45) is 17.8 Å². The molecule has 4 bridgehead atoms. The normalized spacial score (nSPS) is 48.4. The number of carbonyl (C=O) groups excluding carboxylic acids is 1. The molecule has 0 N–H and O–H groups in total. The van der Waals surface area contributed by atoms with Gasteiger partial charge in [0.1, 0.15) is 0 Å². The lowest BCUT2D eigenvalue weighted by molar-refractivity contribution is -0.134. The Kier molecular flexibility index (Phi) is 1.50. The first-order valence-corrected chi connectivity index (χ1v) is 5.50. The van der Waals surface area contributed by atoms with Gasteiger partial charge in [-0.2, -0.15) is 0 Å². The fourth-order valence-electron chi connectivity index (χ4n) is 3.80. The average Bonchev–Trinajstić information content (AvgIpc) is 2.23. The van der Waals surface area contributed by atoms with Gasteiger partial charge in [0.25, 0.3) is 0 Å². The van der Waals surface area contributed by atoms with Crippen LogP contribution in [0.5, 0.6) is 0 Å². The number of rotatable bonds is 0. The lowest BCUT2D eigenvalue weighted by Crippen LogP contribution is -2.37. The van der Waals surface area contributed by atoms with Crippen molar-refractivity contribution in [2.45, 2.75) is 38.1 Å². The Bertz CT molecular complexity index is 236. The van der Waals surface area contributed by atoms with Crippen molar-refractivity contribution < 1.29 is 4.79 Å². The Labute approximate surface area is 79.3 Å². The molecule has 2 unspecified atom stereocenters. The van der Waals surface area contributed by atoms with E-state index in [1.807, 2.05) is 11.9 Å². The van der Waals surface area contributed by atoms with Crippen LogP contribution in [0, 0.1) is 17.8 Å². The van der Waals surface area contributed by atoms with Crippen LogP contribution in [0.25, 0.3) is 0 Å². The average molecular weight is 179 g/mol. The monoisotopic (exact) mass is 179 g/mol. The van der Waals surface area contributed by atoms with Gasteiger partial charge in [0.15, 0.2) is 0 Å². The zero-order valence-corrected chi connectivity index (χ0v) is 8.20. The molecule has 2 saturated heterocycles. The van der Waals surface area contributed by atoms with E-state index in [0.29, 0.717) is 17.9 Å². The highest BCUT2D eigenvalue weighted by Crippen LogP contribution is 2.47. The molecule has 2 aliphatic carbocycles. The van der Waals surface area contributed by atoms with Crippen LogP contribution in [0.2, 0.25) is 0 Å². The number of fused-ring (bicyclic) bond motifs is 1. The summed E-state index contributed by atoms with van der Waals surface area (Å²) < 4.78 is 0. The summed E-state index contributed by atoms with van der Waals surface area (Å²) >= 11 is 0. The van der Waals surface area contributed by atoms with E-state index in [4.69, 9.17) is 0 Å². The number of carbonyl (C=O) groups is 1. The van der Waals surface area contributed by atoms with Gasteiger partial charge in [-0.1, -0.05) is 0 Å². The minimum atomic E-state index is 0.390. The molecule has 4 aliphatic rings. The van der Waals surface area contributed by atoms with Gasteiger partial charge < -0.3 is 4.90 Å². The molecule has 0 aromatic rings. The summed E-state index contributed by atoms with van der Waals surface area (Å²) in [6.45, 7) is 0. The second-order valence-corrected chi connectivity index (χ2v) is 5.21. The highest BCUT2D eigenvalue weighted by atomic mass is 16.2. The molecule has 0 radical (unpaired) electrons. The van der Waals surface area contributed by atoms with E-state index >= 15 is 0 Å². The number of hydrogen-bond acceptors (Lipinski definition) is 1. The van der Waals surface area contributed by atoms with E-state index in [0.717, 1.165) is 11.8 Å². The molecule has 2 heteroatoms. The predicted molar refractivity (Wildman–Crippen MR) is 50.1 cm³/mol. The van der Waals surface area contributed by atoms with Crippen LogP contribution in [0.4, 0.5) is 0 Å². The minimum absolute atomic E-state index is 0.390. The van der Waals surface area contributed by atoms with E-state index in [2.05, 4.69) is 0 Å². The second kappa shape index (κ2) is 2.49. The Balaban J connectivity index is 1.98. The van der Waals surface area contributed by atoms with Crippen LogP contribution in [0.15, 0.2) is 0 Å². The lowest BCUT2D eigenvalue weighted by atomic mass is 9.68. The van der Waals surface area contributed by atoms with Gasteiger partial charge in [-0.3, -0.25) is 4.79 Å². The second-order valence-electron chi connectivity index (χ2n) is 5.21. The molecular weight excluding hydrogens is 162 g/mol. The van der Waals surface area contributed by atoms with Crippen LogP contribution in [0.3, 0.4) is 0 Å². The standard InChI is InChI=1S/C11H17NO/c1-12-10-5-7-2-8(6-10)4-9(3-7)11(12)13/h7-10H,2-6H2,1H3. The van der Waals surface area contributed by atoms with Gasteiger partial charge in [-0.05, 0) is 43.9 Å². The van der Waals surface area contributed by atoms with Gasteiger partial charge in [-0.15, -0.1) is 0 Å². The zero-order chi connectivity index (χ0) is 9.00. The van der Waals surface area contributed by atoms with E-state index in [1.54, 1.807) is 0 Å². The molecule has 4 rings (SSSR count). The number of nitrogens with zero attached hydrogens (tertiary/aromatic N) is 1. The van der Waals surface area contributed by atoms with Crippen LogP contribution in [0.1, 0.15) is 32.1 Å². The number of hydrogen-bond donors (Lipinski definition) is 0. The Hall–Kier alpha value is -0.530. The maximum atomic E-state index is 11.9. The first kappa shape index (κ1) is 7.84. The maximum absolute atomic E-state index is 11.9. The first-order chi connectivity index (χ1) is 6.24. The van der Waals surface area contributed by atoms with Crippen molar-refractivity contribution in [2.75, 3.05) is 7.05 Å². The van der Waals surface area contributed by atoms with Crippen LogP contribution in [-0.2, 0) is 4.79 Å². The van der Waals surface area contributed by atoms with E-state index in [9.17, 15) is 4.79 Å². The first-order valence-electron chi connectivity index (χ1n) is 5.50. The van der Waals surface area contributed by atoms with Crippen LogP contribution >= 0.6 is 0 Å². The number of amides is 1. The fourth-order valence-corrected chi connectivity index (χ4v) is 3.80. The van der Waals surface area contributed by atoms with Gasteiger partial charge in [0.05, 0.1) is 0 Å². The van der Waals surface area contributed by atoms with Gasteiger partial charge >= 0.3 is 0 Å². The Morgan fingerprint density at radius 1 is 1.08 bits per heavy atom. The molecular formula is C11H17NO. The molecule has 2 nitrogen and oxygen atoms in total. The van der Waals surface area contributed by atoms with Crippen LogP contribution < -0.4 is 0 Å². The molecule has 0 spiro atoms. The molecule has 1 amide bonds. The third kappa shape index (κ3) is 1.04. The highest BCUT2D eigenvalue weighted by molar-refractivity contribution is 5.79. The summed E-state index contributed by atoms with van der Waals surface area (Å²) in [5, 5.41) is 0. The zero-order valence-electron chi connectivity index (χ0n) is 8.20. The van der Waals surface area contributed by atoms with Crippen molar-refractivity contribution in [1.29, 1.82) is 0 Å². The molecule has 2 heterocycles. The summed E-state index contributed by atoms with van der Waals surface area (Å²) in [6.07, 6.45) is 6.37. The lowest BCUT2D eigenvalue weighted by Gasteiger charge is -2.37. The predicted octanol–water partition coefficient (Wildman–Crippen LogP) is 1.65. The Morgan fingerprint density at radius 3 is 2.31 bits per heavy atom. The quantitative estimate of drug-likeness (QED) is 0.553. The molecule has 0 aromatic heterocycles. The van der Waals surface area contributed by atoms with Crippen molar-refractivity contribution in [1.82, 2.24) is 4.90 Å². The van der Waals surface area contributed by atoms with Gasteiger partial charge in [0, 0.05) is 19.0 Å². The summed E-state index contributed by atoms with van der Waals surface area (Å²) in [5.41, 5.74) is 0. The van der Waals surface area contributed by atoms with E-state index < -0.39 is 0 Å². The van der Waals surface area contributed by atoms with Crippen molar-refractivity contribution >= 4 is 5.91 Å². The summed E-state index contributed by atoms with van der Waals surface area (Å²) in [4.78, 5) is 14.0. The van der Waals surface area contributed by atoms with Crippen LogP contribution in [-0.4, -0.2) is 23.9 Å². The largest absolute Gasteiger partial charge is 0.343 e. The van der Waals surface area contributed by atoms with Crippen molar-refractivity contribution in [3.8, 4) is 0 Å². The third-order valence-electron chi connectivity index (χ3n) is 4.36. The van der Waals surface area contributed by atoms with Gasteiger partial charge in [0.2, 0.25) is 5.91 Å². The fraction of sp³-hybridized carbons (Fsp3) is 0.909. The molecule has 2 aliphatic heterocycles.